The van der Waals surface area contributed by atoms with Gasteiger partial charge in [-0.25, -0.2) is 13.4 Å². The van der Waals surface area contributed by atoms with E-state index in [2.05, 4.69) is 16.0 Å². The summed E-state index contributed by atoms with van der Waals surface area (Å²) in [7, 11) is -3.57. The van der Waals surface area contributed by atoms with Crippen LogP contribution in [0, 0.1) is 6.92 Å². The van der Waals surface area contributed by atoms with Crippen LogP contribution in [0.3, 0.4) is 0 Å². The van der Waals surface area contributed by atoms with Crippen LogP contribution in [0.2, 0.25) is 0 Å². The molecule has 0 atom stereocenters. The van der Waals surface area contributed by atoms with Gasteiger partial charge in [0.1, 0.15) is 0 Å². The highest BCUT2D eigenvalue weighted by Gasteiger charge is 2.29. The SMILES string of the molecule is Cc1cccc(CCC(=O)N2CCCN(S(=O)(=O)c3cnc[nH]3)CC2)c1. The number of sulfonamides is 1. The van der Waals surface area contributed by atoms with E-state index in [4.69, 9.17) is 0 Å². The zero-order valence-corrected chi connectivity index (χ0v) is 15.7. The number of hydrogen-bond donors (Lipinski definition) is 1. The number of aromatic nitrogens is 2. The number of hydrogen-bond acceptors (Lipinski definition) is 4. The van der Waals surface area contributed by atoms with Crippen LogP contribution in [0.25, 0.3) is 0 Å². The molecule has 1 aromatic carbocycles. The van der Waals surface area contributed by atoms with Gasteiger partial charge in [0.05, 0.1) is 12.5 Å². The zero-order valence-electron chi connectivity index (χ0n) is 14.9. The molecule has 7 nitrogen and oxygen atoms in total. The molecule has 0 radical (unpaired) electrons. The number of carbonyl (C=O) groups excluding carboxylic acids is 1. The molecule has 0 spiro atoms. The number of benzene rings is 1. The Kier molecular flexibility index (Phi) is 5.73. The zero-order chi connectivity index (χ0) is 18.6. The normalized spacial score (nSPS) is 16.4. The lowest BCUT2D eigenvalue weighted by Gasteiger charge is -2.21. The molecule has 1 aliphatic rings. The lowest BCUT2D eigenvalue weighted by atomic mass is 10.1. The van der Waals surface area contributed by atoms with Crippen molar-refractivity contribution in [3.8, 4) is 0 Å². The fourth-order valence-electron chi connectivity index (χ4n) is 3.18. The Morgan fingerprint density at radius 1 is 1.23 bits per heavy atom. The Hall–Kier alpha value is -2.19. The fraction of sp³-hybridized carbons (Fsp3) is 0.444. The quantitative estimate of drug-likeness (QED) is 0.858. The van der Waals surface area contributed by atoms with E-state index < -0.39 is 10.0 Å². The standard InChI is InChI=1S/C18H24N4O3S/c1-15-4-2-5-16(12-15)6-7-18(23)21-8-3-9-22(11-10-21)26(24,25)17-13-19-14-20-17/h2,4-5,12-14H,3,6-11H2,1H3,(H,19,20). The second-order valence-corrected chi connectivity index (χ2v) is 8.45. The average Bonchev–Trinajstić information content (AvgIpc) is 3.05. The van der Waals surface area contributed by atoms with Crippen molar-refractivity contribution in [2.24, 2.45) is 0 Å². The van der Waals surface area contributed by atoms with Crippen LogP contribution in [0.1, 0.15) is 24.0 Å². The second-order valence-electron chi connectivity index (χ2n) is 6.54. The van der Waals surface area contributed by atoms with Gasteiger partial charge in [0.25, 0.3) is 10.0 Å². The minimum Gasteiger partial charge on any atom is -0.341 e. The third-order valence-electron chi connectivity index (χ3n) is 4.61. The van der Waals surface area contributed by atoms with E-state index >= 15 is 0 Å². The van der Waals surface area contributed by atoms with Crippen molar-refractivity contribution in [3.05, 3.63) is 47.9 Å². The maximum atomic E-state index is 12.6. The summed E-state index contributed by atoms with van der Waals surface area (Å²) in [6.07, 6.45) is 4.43. The monoisotopic (exact) mass is 376 g/mol. The summed E-state index contributed by atoms with van der Waals surface area (Å²) < 4.78 is 26.6. The van der Waals surface area contributed by atoms with E-state index in [1.54, 1.807) is 4.90 Å². The molecule has 2 heterocycles. The summed E-state index contributed by atoms with van der Waals surface area (Å²) in [6.45, 7) is 3.75. The minimum atomic E-state index is -3.57. The smallest absolute Gasteiger partial charge is 0.260 e. The number of nitrogens with one attached hydrogen (secondary N) is 1. The largest absolute Gasteiger partial charge is 0.341 e. The van der Waals surface area contributed by atoms with Crippen molar-refractivity contribution in [3.63, 3.8) is 0 Å². The molecular weight excluding hydrogens is 352 g/mol. The molecule has 1 aromatic heterocycles. The molecule has 3 rings (SSSR count). The summed E-state index contributed by atoms with van der Waals surface area (Å²) >= 11 is 0. The molecule has 1 aliphatic heterocycles. The van der Waals surface area contributed by atoms with E-state index in [1.165, 1.54) is 22.4 Å². The third kappa shape index (κ3) is 4.31. The molecule has 8 heteroatoms. The lowest BCUT2D eigenvalue weighted by molar-refractivity contribution is -0.131. The fourth-order valence-corrected chi connectivity index (χ4v) is 4.55. The van der Waals surface area contributed by atoms with Crippen LogP contribution < -0.4 is 0 Å². The van der Waals surface area contributed by atoms with Crippen molar-refractivity contribution in [1.29, 1.82) is 0 Å². The first-order chi connectivity index (χ1) is 12.5. The highest BCUT2D eigenvalue weighted by atomic mass is 32.2. The number of rotatable bonds is 5. The van der Waals surface area contributed by atoms with Gasteiger partial charge in [-0.3, -0.25) is 4.79 Å². The molecule has 1 fully saturated rings. The highest BCUT2D eigenvalue weighted by molar-refractivity contribution is 7.89. The summed E-state index contributed by atoms with van der Waals surface area (Å²) in [6, 6.07) is 8.16. The van der Waals surface area contributed by atoms with Crippen LogP contribution in [-0.4, -0.2) is 59.7 Å². The van der Waals surface area contributed by atoms with E-state index in [9.17, 15) is 13.2 Å². The molecular formula is C18H24N4O3S. The maximum absolute atomic E-state index is 12.6. The van der Waals surface area contributed by atoms with Crippen LogP contribution in [-0.2, 0) is 21.2 Å². The van der Waals surface area contributed by atoms with Crippen LogP contribution >= 0.6 is 0 Å². The van der Waals surface area contributed by atoms with E-state index in [-0.39, 0.29) is 10.9 Å². The van der Waals surface area contributed by atoms with Gasteiger partial charge in [0, 0.05) is 32.6 Å². The van der Waals surface area contributed by atoms with Crippen LogP contribution in [0.15, 0.2) is 41.8 Å². The second kappa shape index (κ2) is 8.01. The molecule has 1 amide bonds. The molecule has 2 aromatic rings. The van der Waals surface area contributed by atoms with Crippen molar-refractivity contribution >= 4 is 15.9 Å². The van der Waals surface area contributed by atoms with Crippen LogP contribution in [0.4, 0.5) is 0 Å². The van der Waals surface area contributed by atoms with Gasteiger partial charge in [-0.05, 0) is 25.3 Å². The Morgan fingerprint density at radius 2 is 2.08 bits per heavy atom. The number of H-pyrrole nitrogens is 1. The molecule has 0 bridgehead atoms. The van der Waals surface area contributed by atoms with Crippen molar-refractivity contribution in [2.75, 3.05) is 26.2 Å². The van der Waals surface area contributed by atoms with Crippen molar-refractivity contribution in [1.82, 2.24) is 19.2 Å². The molecule has 0 saturated carbocycles. The Labute approximate surface area is 154 Å². The predicted molar refractivity (Wildman–Crippen MR) is 98.0 cm³/mol. The molecule has 140 valence electrons. The first-order valence-corrected chi connectivity index (χ1v) is 10.2. The van der Waals surface area contributed by atoms with E-state index in [1.807, 2.05) is 25.1 Å². The lowest BCUT2D eigenvalue weighted by Crippen LogP contribution is -2.37. The van der Waals surface area contributed by atoms with Crippen molar-refractivity contribution in [2.45, 2.75) is 31.2 Å². The number of imidazole rings is 1. The van der Waals surface area contributed by atoms with E-state index in [0.29, 0.717) is 45.4 Å². The number of amides is 1. The first-order valence-electron chi connectivity index (χ1n) is 8.78. The van der Waals surface area contributed by atoms with Gasteiger partial charge < -0.3 is 9.88 Å². The highest BCUT2D eigenvalue weighted by Crippen LogP contribution is 2.16. The first kappa shape index (κ1) is 18.6. The number of aromatic amines is 1. The Balaban J connectivity index is 1.57. The number of nitrogens with zero attached hydrogens (tertiary/aromatic N) is 3. The molecule has 0 unspecified atom stereocenters. The molecule has 1 saturated heterocycles. The van der Waals surface area contributed by atoms with Gasteiger partial charge in [-0.1, -0.05) is 29.8 Å². The minimum absolute atomic E-state index is 0.0762. The van der Waals surface area contributed by atoms with Crippen LogP contribution in [0.5, 0.6) is 0 Å². The van der Waals surface area contributed by atoms with Crippen molar-refractivity contribution < 1.29 is 13.2 Å². The Morgan fingerprint density at radius 3 is 2.81 bits per heavy atom. The summed E-state index contributed by atoms with van der Waals surface area (Å²) in [5.74, 6) is 0.0762. The summed E-state index contributed by atoms with van der Waals surface area (Å²) in [4.78, 5) is 20.7. The van der Waals surface area contributed by atoms with Gasteiger partial charge in [-0.15, -0.1) is 0 Å². The predicted octanol–water partition coefficient (Wildman–Crippen LogP) is 1.57. The topological polar surface area (TPSA) is 86.4 Å². The summed E-state index contributed by atoms with van der Waals surface area (Å²) in [5, 5.41) is 0.0942. The number of aryl methyl sites for hydroxylation is 2. The van der Waals surface area contributed by atoms with Gasteiger partial charge in [0.2, 0.25) is 5.91 Å². The molecule has 26 heavy (non-hydrogen) atoms. The van der Waals surface area contributed by atoms with Gasteiger partial charge in [-0.2, -0.15) is 4.31 Å². The molecule has 1 N–H and O–H groups in total. The third-order valence-corrected chi connectivity index (χ3v) is 6.43. The summed E-state index contributed by atoms with van der Waals surface area (Å²) in [5.41, 5.74) is 2.33. The Bertz CT molecular complexity index is 849. The number of carbonyl (C=O) groups is 1. The van der Waals surface area contributed by atoms with Gasteiger partial charge >= 0.3 is 0 Å². The van der Waals surface area contributed by atoms with E-state index in [0.717, 1.165) is 5.56 Å². The average molecular weight is 376 g/mol. The molecule has 0 aliphatic carbocycles. The maximum Gasteiger partial charge on any atom is 0.260 e. The van der Waals surface area contributed by atoms with Gasteiger partial charge in [0.15, 0.2) is 5.03 Å².